The molecule has 0 saturated carbocycles. The molecule has 0 saturated heterocycles. The van der Waals surface area contributed by atoms with Crippen LogP contribution in [0.15, 0.2) is 0 Å². The SMILES string of the molecule is CCCCCCC(CCCC)C(=O)O.CCCCCCC(CCCC)C(=O)O.[Sn]. The maximum atomic E-state index is 10.9. The summed E-state index contributed by atoms with van der Waals surface area (Å²) < 4.78 is 0. The van der Waals surface area contributed by atoms with Crippen molar-refractivity contribution in [2.45, 2.75) is 130 Å². The first-order valence-electron chi connectivity index (χ1n) is 11.9. The van der Waals surface area contributed by atoms with Crippen molar-refractivity contribution in [2.24, 2.45) is 11.8 Å². The summed E-state index contributed by atoms with van der Waals surface area (Å²) in [4.78, 5) is 21.7. The van der Waals surface area contributed by atoms with Gasteiger partial charge in [-0.05, 0) is 25.7 Å². The van der Waals surface area contributed by atoms with E-state index in [1.807, 2.05) is 0 Å². The number of carboxylic acid groups (broad SMARTS) is 2. The van der Waals surface area contributed by atoms with Gasteiger partial charge in [0.05, 0.1) is 11.8 Å². The number of aliphatic carboxylic acids is 2. The van der Waals surface area contributed by atoms with Crippen LogP contribution >= 0.6 is 0 Å². The van der Waals surface area contributed by atoms with Crippen molar-refractivity contribution in [3.05, 3.63) is 0 Å². The fourth-order valence-electron chi connectivity index (χ4n) is 3.32. The van der Waals surface area contributed by atoms with Crippen molar-refractivity contribution < 1.29 is 19.8 Å². The number of rotatable bonds is 18. The third-order valence-corrected chi connectivity index (χ3v) is 5.32. The van der Waals surface area contributed by atoms with Crippen LogP contribution in [0.5, 0.6) is 0 Å². The van der Waals surface area contributed by atoms with E-state index in [1.165, 1.54) is 38.5 Å². The van der Waals surface area contributed by atoms with E-state index in [4.69, 9.17) is 10.2 Å². The quantitative estimate of drug-likeness (QED) is 0.147. The molecule has 0 rings (SSSR count). The zero-order valence-electron chi connectivity index (χ0n) is 19.7. The summed E-state index contributed by atoms with van der Waals surface area (Å²) in [6.07, 6.45) is 17.2. The van der Waals surface area contributed by atoms with Gasteiger partial charge in [0.15, 0.2) is 0 Å². The van der Waals surface area contributed by atoms with Crippen LogP contribution in [0, 0.1) is 11.8 Å². The Hall–Kier alpha value is -0.261. The molecule has 2 atom stereocenters. The van der Waals surface area contributed by atoms with Gasteiger partial charge in [-0.15, -0.1) is 0 Å². The number of unbranched alkanes of at least 4 members (excludes halogenated alkanes) is 8. The van der Waals surface area contributed by atoms with Crippen LogP contribution in [0.1, 0.15) is 130 Å². The zero-order chi connectivity index (χ0) is 21.6. The Morgan fingerprint density at radius 2 is 0.793 bits per heavy atom. The van der Waals surface area contributed by atoms with E-state index in [9.17, 15) is 9.59 Å². The molecule has 4 nitrogen and oxygen atoms in total. The van der Waals surface area contributed by atoms with E-state index in [2.05, 4.69) is 27.7 Å². The van der Waals surface area contributed by atoms with E-state index in [0.717, 1.165) is 64.2 Å². The summed E-state index contributed by atoms with van der Waals surface area (Å²) in [6, 6.07) is 0. The van der Waals surface area contributed by atoms with Gasteiger partial charge in [0, 0.05) is 23.9 Å². The summed E-state index contributed by atoms with van der Waals surface area (Å²) in [6.45, 7) is 8.56. The van der Waals surface area contributed by atoms with Crippen LogP contribution < -0.4 is 0 Å². The molecular formula is C24H48O4Sn. The first kappa shape index (κ1) is 33.4. The molecule has 4 radical (unpaired) electrons. The minimum absolute atomic E-state index is 0. The second-order valence-electron chi connectivity index (χ2n) is 8.05. The average Bonchev–Trinajstić information content (AvgIpc) is 2.67. The van der Waals surface area contributed by atoms with Gasteiger partial charge < -0.3 is 10.2 Å². The molecule has 2 N–H and O–H groups in total. The van der Waals surface area contributed by atoms with Crippen molar-refractivity contribution in [1.82, 2.24) is 0 Å². The first-order valence-corrected chi connectivity index (χ1v) is 11.9. The molecule has 0 aliphatic rings. The maximum Gasteiger partial charge on any atom is 0.306 e. The third-order valence-electron chi connectivity index (χ3n) is 5.32. The largest absolute Gasteiger partial charge is 0.481 e. The molecule has 0 aromatic rings. The molecule has 0 aliphatic heterocycles. The van der Waals surface area contributed by atoms with Gasteiger partial charge in [-0.25, -0.2) is 0 Å². The number of carbonyl (C=O) groups is 2. The molecule has 0 amide bonds. The Morgan fingerprint density at radius 3 is 1.03 bits per heavy atom. The van der Waals surface area contributed by atoms with Gasteiger partial charge in [0.2, 0.25) is 0 Å². The predicted octanol–water partition coefficient (Wildman–Crippen LogP) is 7.31. The van der Waals surface area contributed by atoms with Crippen LogP contribution in [0.4, 0.5) is 0 Å². The summed E-state index contributed by atoms with van der Waals surface area (Å²) in [5, 5.41) is 17.9. The van der Waals surface area contributed by atoms with Gasteiger partial charge in [-0.2, -0.15) is 0 Å². The van der Waals surface area contributed by atoms with Crippen LogP contribution in [-0.4, -0.2) is 46.1 Å². The van der Waals surface area contributed by atoms with E-state index in [-0.39, 0.29) is 35.7 Å². The molecule has 0 fully saturated rings. The number of carboxylic acids is 2. The van der Waals surface area contributed by atoms with Crippen molar-refractivity contribution in [3.8, 4) is 0 Å². The molecule has 0 heterocycles. The molecule has 29 heavy (non-hydrogen) atoms. The Balaban J connectivity index is -0.000000451. The van der Waals surface area contributed by atoms with Crippen LogP contribution in [0.3, 0.4) is 0 Å². The second-order valence-corrected chi connectivity index (χ2v) is 8.05. The molecule has 0 aliphatic carbocycles. The third kappa shape index (κ3) is 23.9. The second kappa shape index (κ2) is 25.8. The molecule has 0 bridgehead atoms. The Labute approximate surface area is 197 Å². The molecule has 0 aromatic carbocycles. The minimum Gasteiger partial charge on any atom is -0.481 e. The van der Waals surface area contributed by atoms with Gasteiger partial charge in [0.1, 0.15) is 0 Å². The monoisotopic (exact) mass is 520 g/mol. The fraction of sp³-hybridized carbons (Fsp3) is 0.917. The van der Waals surface area contributed by atoms with Gasteiger partial charge in [-0.3, -0.25) is 9.59 Å². The first-order chi connectivity index (χ1) is 13.4. The van der Waals surface area contributed by atoms with Crippen LogP contribution in [0.2, 0.25) is 0 Å². The fourth-order valence-corrected chi connectivity index (χ4v) is 3.32. The van der Waals surface area contributed by atoms with Crippen molar-refractivity contribution in [1.29, 1.82) is 0 Å². The Bertz CT molecular complexity index is 327. The topological polar surface area (TPSA) is 74.6 Å². The van der Waals surface area contributed by atoms with Crippen LogP contribution in [-0.2, 0) is 9.59 Å². The smallest absolute Gasteiger partial charge is 0.306 e. The molecule has 2 unspecified atom stereocenters. The minimum atomic E-state index is -0.602. The van der Waals surface area contributed by atoms with Gasteiger partial charge >= 0.3 is 11.9 Å². The van der Waals surface area contributed by atoms with Crippen molar-refractivity contribution >= 4 is 35.8 Å². The predicted molar refractivity (Wildman–Crippen MR) is 125 cm³/mol. The summed E-state index contributed by atoms with van der Waals surface area (Å²) in [7, 11) is 0. The van der Waals surface area contributed by atoms with Gasteiger partial charge in [0.25, 0.3) is 0 Å². The van der Waals surface area contributed by atoms with E-state index in [1.54, 1.807) is 0 Å². The molecule has 0 spiro atoms. The summed E-state index contributed by atoms with van der Waals surface area (Å²) >= 11 is 0. The molecule has 172 valence electrons. The normalized spacial score (nSPS) is 12.3. The van der Waals surface area contributed by atoms with E-state index < -0.39 is 11.9 Å². The number of hydrogen-bond donors (Lipinski definition) is 2. The summed E-state index contributed by atoms with van der Waals surface area (Å²) in [5.41, 5.74) is 0. The number of hydrogen-bond acceptors (Lipinski definition) is 2. The summed E-state index contributed by atoms with van der Waals surface area (Å²) in [5.74, 6) is -1.39. The van der Waals surface area contributed by atoms with E-state index >= 15 is 0 Å². The molecular weight excluding hydrogens is 471 g/mol. The zero-order valence-corrected chi connectivity index (χ0v) is 22.5. The Kier molecular flexibility index (Phi) is 29.7. The maximum absolute atomic E-state index is 10.9. The van der Waals surface area contributed by atoms with Gasteiger partial charge in [-0.1, -0.05) is 105 Å². The standard InChI is InChI=1S/2C12H24O2.Sn/c2*1-3-5-7-8-10-11(12(13)14)9-6-4-2;/h2*11H,3-10H2,1-2H3,(H,13,14);. The molecule has 5 heteroatoms. The van der Waals surface area contributed by atoms with Crippen molar-refractivity contribution in [3.63, 3.8) is 0 Å². The van der Waals surface area contributed by atoms with Crippen molar-refractivity contribution in [2.75, 3.05) is 0 Å². The molecule has 0 aromatic heterocycles. The average molecular weight is 519 g/mol. The Morgan fingerprint density at radius 1 is 0.517 bits per heavy atom. The van der Waals surface area contributed by atoms with E-state index in [0.29, 0.717) is 0 Å². The van der Waals surface area contributed by atoms with Crippen LogP contribution in [0.25, 0.3) is 0 Å².